The van der Waals surface area contributed by atoms with Crippen molar-refractivity contribution in [2.24, 2.45) is 0 Å². The van der Waals surface area contributed by atoms with Crippen molar-refractivity contribution in [2.75, 3.05) is 37.7 Å². The predicted octanol–water partition coefficient (Wildman–Crippen LogP) is 2.17. The Bertz CT molecular complexity index is 590. The molecule has 2 amide bonds. The molecule has 6 nitrogen and oxygen atoms in total. The Morgan fingerprint density at radius 3 is 2.71 bits per heavy atom. The molecule has 21 heavy (non-hydrogen) atoms. The van der Waals surface area contributed by atoms with Gasteiger partial charge in [-0.15, -0.1) is 0 Å². The lowest BCUT2D eigenvalue weighted by molar-refractivity contribution is -0.122. The third kappa shape index (κ3) is 2.84. The second kappa shape index (κ2) is 5.95. The van der Waals surface area contributed by atoms with Crippen LogP contribution in [-0.4, -0.2) is 48.9 Å². The normalized spacial score (nSPS) is 21.7. The van der Waals surface area contributed by atoms with Crippen LogP contribution in [0.1, 0.15) is 12.7 Å². The van der Waals surface area contributed by atoms with Gasteiger partial charge in [-0.05, 0) is 24.8 Å². The van der Waals surface area contributed by atoms with Crippen LogP contribution in [0.2, 0.25) is 0 Å². The number of carbonyl (C=O) groups excluding carboxylic acids is 2. The molecular weight excluding hydrogens is 292 g/mol. The molecule has 0 radical (unpaired) electrons. The predicted molar refractivity (Wildman–Crippen MR) is 80.1 cm³/mol. The number of imide groups is 1. The fourth-order valence-corrected chi connectivity index (χ4v) is 3.16. The molecule has 2 aliphatic heterocycles. The zero-order valence-corrected chi connectivity index (χ0v) is 12.5. The van der Waals surface area contributed by atoms with Crippen LogP contribution in [0.4, 0.5) is 10.7 Å². The first kappa shape index (κ1) is 14.2. The molecule has 2 saturated heterocycles. The molecule has 3 rings (SSSR count). The monoisotopic (exact) mass is 308 g/mol. The summed E-state index contributed by atoms with van der Waals surface area (Å²) in [5.41, 5.74) is 0. The number of furan rings is 1. The van der Waals surface area contributed by atoms with Crippen LogP contribution in [-0.2, 0) is 9.53 Å². The zero-order valence-electron chi connectivity index (χ0n) is 11.7. The molecule has 0 bridgehead atoms. The Morgan fingerprint density at radius 2 is 2.05 bits per heavy atom. The smallest absolute Gasteiger partial charge is 0.293 e. The molecule has 0 atom stereocenters. The van der Waals surface area contributed by atoms with E-state index in [-0.39, 0.29) is 11.1 Å². The molecule has 112 valence electrons. The van der Waals surface area contributed by atoms with E-state index in [9.17, 15) is 9.59 Å². The van der Waals surface area contributed by atoms with Crippen LogP contribution in [0.15, 0.2) is 21.5 Å². The number of likely N-dealkylation sites (N-methyl/N-ethyl adjacent to an activating group) is 1. The van der Waals surface area contributed by atoms with Gasteiger partial charge in [-0.1, -0.05) is 0 Å². The molecule has 0 aromatic carbocycles. The molecule has 0 aliphatic carbocycles. The average Bonchev–Trinajstić information content (AvgIpc) is 3.06. The zero-order chi connectivity index (χ0) is 14.8. The van der Waals surface area contributed by atoms with Gasteiger partial charge in [-0.25, -0.2) is 0 Å². The van der Waals surface area contributed by atoms with E-state index < -0.39 is 0 Å². The largest absolute Gasteiger partial charge is 0.441 e. The Kier molecular flexibility index (Phi) is 4.03. The van der Waals surface area contributed by atoms with Gasteiger partial charge >= 0.3 is 0 Å². The number of thioether (sulfide) groups is 1. The first-order valence-electron chi connectivity index (χ1n) is 6.87. The number of rotatable bonds is 3. The number of morpholine rings is 1. The summed E-state index contributed by atoms with van der Waals surface area (Å²) in [5, 5.41) is -0.228. The van der Waals surface area contributed by atoms with Crippen molar-refractivity contribution < 1.29 is 18.7 Å². The number of hydrogen-bond donors (Lipinski definition) is 0. The topological polar surface area (TPSA) is 63.0 Å². The van der Waals surface area contributed by atoms with Crippen LogP contribution in [0.25, 0.3) is 6.08 Å². The van der Waals surface area contributed by atoms with Gasteiger partial charge in [-0.2, -0.15) is 0 Å². The summed E-state index contributed by atoms with van der Waals surface area (Å²) in [6.07, 6.45) is 1.63. The highest BCUT2D eigenvalue weighted by molar-refractivity contribution is 8.18. The van der Waals surface area contributed by atoms with E-state index in [1.54, 1.807) is 13.0 Å². The minimum absolute atomic E-state index is 0.228. The van der Waals surface area contributed by atoms with Crippen molar-refractivity contribution in [3.05, 3.63) is 22.8 Å². The van der Waals surface area contributed by atoms with Gasteiger partial charge in [0.1, 0.15) is 5.76 Å². The lowest BCUT2D eigenvalue weighted by Crippen LogP contribution is -2.35. The molecule has 2 fully saturated rings. The summed E-state index contributed by atoms with van der Waals surface area (Å²) >= 11 is 0.951. The SMILES string of the molecule is CCN1C(=O)S/C(=C\c2ccc(N3CCOCC3)o2)C1=O. The maximum atomic E-state index is 12.0. The van der Waals surface area contributed by atoms with Crippen LogP contribution >= 0.6 is 11.8 Å². The first-order chi connectivity index (χ1) is 10.2. The molecule has 3 heterocycles. The van der Waals surface area contributed by atoms with E-state index in [0.29, 0.717) is 30.4 Å². The summed E-state index contributed by atoms with van der Waals surface area (Å²) < 4.78 is 11.0. The molecule has 2 aliphatic rings. The third-order valence-corrected chi connectivity index (χ3v) is 4.31. The van der Waals surface area contributed by atoms with Gasteiger partial charge in [0, 0.05) is 31.8 Å². The molecule has 0 saturated carbocycles. The highest BCUT2D eigenvalue weighted by atomic mass is 32.2. The van der Waals surface area contributed by atoms with Gasteiger partial charge in [0.05, 0.1) is 18.1 Å². The van der Waals surface area contributed by atoms with Crippen LogP contribution in [0, 0.1) is 0 Å². The van der Waals surface area contributed by atoms with Gasteiger partial charge < -0.3 is 14.1 Å². The second-order valence-corrected chi connectivity index (χ2v) is 5.69. The van der Waals surface area contributed by atoms with Gasteiger partial charge in [0.2, 0.25) is 0 Å². The van der Waals surface area contributed by atoms with E-state index in [0.717, 1.165) is 30.7 Å². The van der Waals surface area contributed by atoms with Crippen molar-refractivity contribution in [3.8, 4) is 0 Å². The van der Waals surface area contributed by atoms with E-state index in [2.05, 4.69) is 4.90 Å². The minimum Gasteiger partial charge on any atom is -0.441 e. The lowest BCUT2D eigenvalue weighted by atomic mass is 10.3. The maximum Gasteiger partial charge on any atom is 0.293 e. The highest BCUT2D eigenvalue weighted by Crippen LogP contribution is 2.32. The molecule has 7 heteroatoms. The van der Waals surface area contributed by atoms with Crippen LogP contribution < -0.4 is 4.90 Å². The second-order valence-electron chi connectivity index (χ2n) is 4.70. The number of ether oxygens (including phenoxy) is 1. The van der Waals surface area contributed by atoms with Crippen molar-refractivity contribution >= 4 is 34.9 Å². The van der Waals surface area contributed by atoms with Crippen molar-refractivity contribution in [1.29, 1.82) is 0 Å². The van der Waals surface area contributed by atoms with E-state index in [4.69, 9.17) is 9.15 Å². The summed E-state index contributed by atoms with van der Waals surface area (Å²) in [5.74, 6) is 1.09. The summed E-state index contributed by atoms with van der Waals surface area (Å²) in [6, 6.07) is 3.69. The quantitative estimate of drug-likeness (QED) is 0.798. The lowest BCUT2D eigenvalue weighted by Gasteiger charge is -2.26. The van der Waals surface area contributed by atoms with Crippen LogP contribution in [0.5, 0.6) is 0 Å². The standard InChI is InChI=1S/C14H16N2O4S/c1-2-16-13(17)11(21-14(16)18)9-10-3-4-12(20-10)15-5-7-19-8-6-15/h3-4,9H,2,5-8H2,1H3/b11-9-. The Labute approximate surface area is 126 Å². The first-order valence-corrected chi connectivity index (χ1v) is 7.68. The highest BCUT2D eigenvalue weighted by Gasteiger charge is 2.33. The van der Waals surface area contributed by atoms with Crippen molar-refractivity contribution in [2.45, 2.75) is 6.92 Å². The van der Waals surface area contributed by atoms with E-state index in [1.165, 1.54) is 4.90 Å². The Hall–Kier alpha value is -1.73. The fraction of sp³-hybridized carbons (Fsp3) is 0.429. The molecule has 1 aromatic heterocycles. The summed E-state index contributed by atoms with van der Waals surface area (Å²) in [6.45, 7) is 5.12. The number of anilines is 1. The molecule has 0 unspecified atom stereocenters. The fourth-order valence-electron chi connectivity index (χ4n) is 2.28. The van der Waals surface area contributed by atoms with Crippen molar-refractivity contribution in [1.82, 2.24) is 4.90 Å². The van der Waals surface area contributed by atoms with Gasteiger partial charge in [-0.3, -0.25) is 14.5 Å². The molecule has 0 N–H and O–H groups in total. The average molecular weight is 308 g/mol. The van der Waals surface area contributed by atoms with E-state index in [1.807, 2.05) is 12.1 Å². The number of carbonyl (C=O) groups is 2. The number of hydrogen-bond acceptors (Lipinski definition) is 6. The van der Waals surface area contributed by atoms with Gasteiger partial charge in [0.15, 0.2) is 5.88 Å². The van der Waals surface area contributed by atoms with Crippen LogP contribution in [0.3, 0.4) is 0 Å². The summed E-state index contributed by atoms with van der Waals surface area (Å²) in [4.78, 5) is 27.4. The number of nitrogens with zero attached hydrogens (tertiary/aromatic N) is 2. The molecular formula is C14H16N2O4S. The van der Waals surface area contributed by atoms with E-state index >= 15 is 0 Å². The molecule has 1 aromatic rings. The Balaban J connectivity index is 1.76. The maximum absolute atomic E-state index is 12.0. The molecule has 0 spiro atoms. The third-order valence-electron chi connectivity index (χ3n) is 3.40. The minimum atomic E-state index is -0.253. The number of amides is 2. The summed E-state index contributed by atoms with van der Waals surface area (Å²) in [7, 11) is 0. The Morgan fingerprint density at radius 1 is 1.29 bits per heavy atom. The van der Waals surface area contributed by atoms with Gasteiger partial charge in [0.25, 0.3) is 11.1 Å². The van der Waals surface area contributed by atoms with Crippen molar-refractivity contribution in [3.63, 3.8) is 0 Å².